The molecule has 3 N–H and O–H groups in total. The van der Waals surface area contributed by atoms with Gasteiger partial charge in [0.1, 0.15) is 17.7 Å². The maximum absolute atomic E-state index is 13.3. The summed E-state index contributed by atoms with van der Waals surface area (Å²) >= 11 is 6.02. The molecule has 12 nitrogen and oxygen atoms in total. The van der Waals surface area contributed by atoms with Crippen LogP contribution in [0.4, 0.5) is 11.8 Å². The molecule has 0 bridgehead atoms. The first-order valence-electron chi connectivity index (χ1n) is 11.8. The smallest absolute Gasteiger partial charge is 0.302 e. The van der Waals surface area contributed by atoms with E-state index in [2.05, 4.69) is 25.4 Å². The van der Waals surface area contributed by atoms with Crippen LogP contribution in [0.25, 0.3) is 22.1 Å². The Morgan fingerprint density at radius 3 is 2.97 bits per heavy atom. The van der Waals surface area contributed by atoms with Crippen molar-refractivity contribution in [2.24, 2.45) is 0 Å². The van der Waals surface area contributed by atoms with Crippen molar-refractivity contribution < 1.29 is 14.0 Å². The van der Waals surface area contributed by atoms with E-state index in [1.165, 1.54) is 6.33 Å². The molecule has 2 amide bonds. The van der Waals surface area contributed by atoms with Gasteiger partial charge in [-0.2, -0.15) is 10.1 Å². The van der Waals surface area contributed by atoms with E-state index in [0.717, 1.165) is 12.8 Å². The monoisotopic (exact) mass is 523 g/mol. The Hall–Kier alpha value is -4.03. The van der Waals surface area contributed by atoms with Crippen molar-refractivity contribution in [3.05, 3.63) is 47.4 Å². The fourth-order valence-electron chi connectivity index (χ4n) is 4.34. The van der Waals surface area contributed by atoms with Gasteiger partial charge >= 0.3 is 6.01 Å². The maximum Gasteiger partial charge on any atom is 0.302 e. The lowest BCUT2D eigenvalue weighted by atomic mass is 10.1. The molecule has 1 aromatic carbocycles. The molecule has 192 valence electrons. The number of oxazole rings is 1. The van der Waals surface area contributed by atoms with Crippen LogP contribution in [0.5, 0.6) is 0 Å². The zero-order valence-electron chi connectivity index (χ0n) is 20.4. The van der Waals surface area contributed by atoms with E-state index in [4.69, 9.17) is 21.8 Å². The van der Waals surface area contributed by atoms with Gasteiger partial charge in [-0.25, -0.2) is 14.6 Å². The summed E-state index contributed by atoms with van der Waals surface area (Å²) in [6.07, 6.45) is 6.31. The highest BCUT2D eigenvalue weighted by Gasteiger charge is 2.29. The van der Waals surface area contributed by atoms with Gasteiger partial charge in [0.25, 0.3) is 5.91 Å². The molecule has 1 saturated heterocycles. The van der Waals surface area contributed by atoms with Crippen molar-refractivity contribution >= 4 is 57.4 Å². The predicted molar refractivity (Wildman–Crippen MR) is 139 cm³/mol. The standard InChI is InChI=1S/C24H26ClN9O3/c1-32(2)9-4-6-18(35)33-10-3-5-15(12-33)34-22-19(21(26)27-13-28-22)20(31-34)23(36)30-24-29-16-11-14(25)7-8-17(16)37-24/h4,6-8,11,13,15H,3,5,9-10,12H2,1-2H3,(H2,26,27,28)(H,29,30,36)/t15-/m1/s1. The number of amides is 2. The third kappa shape index (κ3) is 5.11. The second-order valence-electron chi connectivity index (χ2n) is 9.08. The van der Waals surface area contributed by atoms with E-state index in [0.29, 0.717) is 46.8 Å². The zero-order chi connectivity index (χ0) is 26.1. The van der Waals surface area contributed by atoms with Crippen LogP contribution in [-0.4, -0.2) is 80.1 Å². The number of nitrogens with two attached hydrogens (primary N) is 1. The van der Waals surface area contributed by atoms with E-state index < -0.39 is 5.91 Å². The molecule has 0 spiro atoms. The largest absolute Gasteiger partial charge is 0.423 e. The molecule has 13 heteroatoms. The number of aromatic nitrogens is 5. The van der Waals surface area contributed by atoms with Gasteiger partial charge in [-0.15, -0.1) is 0 Å². The van der Waals surface area contributed by atoms with Crippen LogP contribution < -0.4 is 11.1 Å². The number of hydrogen-bond donors (Lipinski definition) is 2. The van der Waals surface area contributed by atoms with E-state index >= 15 is 0 Å². The average molecular weight is 524 g/mol. The van der Waals surface area contributed by atoms with Crippen molar-refractivity contribution in [1.29, 1.82) is 0 Å². The topological polar surface area (TPSA) is 148 Å². The Morgan fingerprint density at radius 1 is 1.32 bits per heavy atom. The number of carbonyl (C=O) groups excluding carboxylic acids is 2. The molecule has 0 unspecified atom stereocenters. The number of piperidine rings is 1. The van der Waals surface area contributed by atoms with Crippen LogP contribution in [0.2, 0.25) is 5.02 Å². The van der Waals surface area contributed by atoms with Crippen LogP contribution in [0.3, 0.4) is 0 Å². The summed E-state index contributed by atoms with van der Waals surface area (Å²) in [6, 6.07) is 4.79. The molecule has 4 aromatic rings. The Labute approximate surface area is 217 Å². The predicted octanol–water partition coefficient (Wildman–Crippen LogP) is 2.74. The van der Waals surface area contributed by atoms with Crippen LogP contribution in [-0.2, 0) is 4.79 Å². The number of carbonyl (C=O) groups is 2. The van der Waals surface area contributed by atoms with E-state index in [9.17, 15) is 9.59 Å². The second-order valence-corrected chi connectivity index (χ2v) is 9.52. The summed E-state index contributed by atoms with van der Waals surface area (Å²) < 4.78 is 7.28. The van der Waals surface area contributed by atoms with Crippen LogP contribution in [0, 0.1) is 0 Å². The minimum atomic E-state index is -0.571. The quantitative estimate of drug-likeness (QED) is 0.364. The minimum Gasteiger partial charge on any atom is -0.423 e. The van der Waals surface area contributed by atoms with Crippen molar-refractivity contribution in [1.82, 2.24) is 34.5 Å². The van der Waals surface area contributed by atoms with Crippen molar-refractivity contribution in [3.63, 3.8) is 0 Å². The summed E-state index contributed by atoms with van der Waals surface area (Å²) in [5.74, 6) is -0.509. The van der Waals surface area contributed by atoms with E-state index in [1.54, 1.807) is 33.9 Å². The molecule has 0 aliphatic carbocycles. The van der Waals surface area contributed by atoms with Gasteiger partial charge in [0.05, 0.1) is 11.4 Å². The van der Waals surface area contributed by atoms with E-state index in [-0.39, 0.29) is 29.5 Å². The summed E-state index contributed by atoms with van der Waals surface area (Å²) in [5.41, 5.74) is 7.60. The molecule has 5 rings (SSSR count). The number of benzene rings is 1. The zero-order valence-corrected chi connectivity index (χ0v) is 21.1. The number of nitrogen functional groups attached to an aromatic ring is 1. The number of rotatable bonds is 6. The highest BCUT2D eigenvalue weighted by atomic mass is 35.5. The first-order valence-corrected chi connectivity index (χ1v) is 12.1. The second kappa shape index (κ2) is 10.1. The fourth-order valence-corrected chi connectivity index (χ4v) is 4.51. The van der Waals surface area contributed by atoms with Crippen molar-refractivity contribution in [3.8, 4) is 0 Å². The van der Waals surface area contributed by atoms with Gasteiger partial charge in [0, 0.05) is 30.7 Å². The van der Waals surface area contributed by atoms with Gasteiger partial charge < -0.3 is 20.0 Å². The van der Waals surface area contributed by atoms with Gasteiger partial charge in [-0.05, 0) is 45.1 Å². The molecule has 1 aliphatic heterocycles. The van der Waals surface area contributed by atoms with Crippen molar-refractivity contribution in [2.75, 3.05) is 44.8 Å². The summed E-state index contributed by atoms with van der Waals surface area (Å²) in [6.45, 7) is 1.75. The van der Waals surface area contributed by atoms with E-state index in [1.807, 2.05) is 25.1 Å². The normalized spacial score (nSPS) is 16.3. The first-order chi connectivity index (χ1) is 17.8. The Balaban J connectivity index is 1.42. The molecular formula is C24H26ClN9O3. The molecule has 0 radical (unpaired) electrons. The minimum absolute atomic E-state index is 0.000614. The number of anilines is 2. The molecule has 1 atom stereocenters. The molecule has 3 aromatic heterocycles. The lowest BCUT2D eigenvalue weighted by molar-refractivity contribution is -0.127. The maximum atomic E-state index is 13.3. The fraction of sp³-hybridized carbons (Fsp3) is 0.333. The van der Waals surface area contributed by atoms with Gasteiger partial charge in [0.2, 0.25) is 5.91 Å². The molecular weight excluding hydrogens is 498 g/mol. The lowest BCUT2D eigenvalue weighted by Crippen LogP contribution is -2.40. The molecule has 37 heavy (non-hydrogen) atoms. The summed E-state index contributed by atoms with van der Waals surface area (Å²) in [5, 5.41) is 8.05. The third-order valence-corrected chi connectivity index (χ3v) is 6.32. The van der Waals surface area contributed by atoms with Crippen LogP contribution in [0.1, 0.15) is 29.4 Å². The number of nitrogens with one attached hydrogen (secondary N) is 1. The number of likely N-dealkylation sites (N-methyl/N-ethyl adjacent to an activating group) is 1. The molecule has 0 saturated carbocycles. The first kappa shape index (κ1) is 24.7. The Morgan fingerprint density at radius 2 is 2.16 bits per heavy atom. The highest BCUT2D eigenvalue weighted by Crippen LogP contribution is 2.29. The Kier molecular flexibility index (Phi) is 6.76. The number of fused-ring (bicyclic) bond motifs is 2. The Bertz CT molecular complexity index is 1510. The molecule has 1 fully saturated rings. The average Bonchev–Trinajstić information content (AvgIpc) is 3.45. The third-order valence-electron chi connectivity index (χ3n) is 6.09. The van der Waals surface area contributed by atoms with Gasteiger partial charge in [-0.1, -0.05) is 17.7 Å². The molecule has 1 aliphatic rings. The summed E-state index contributed by atoms with van der Waals surface area (Å²) in [4.78, 5) is 42.4. The number of nitrogens with zero attached hydrogens (tertiary/aromatic N) is 7. The van der Waals surface area contributed by atoms with Crippen LogP contribution in [0.15, 0.2) is 41.1 Å². The summed E-state index contributed by atoms with van der Waals surface area (Å²) in [7, 11) is 3.88. The highest BCUT2D eigenvalue weighted by molar-refractivity contribution is 6.31. The van der Waals surface area contributed by atoms with Crippen molar-refractivity contribution in [2.45, 2.75) is 18.9 Å². The number of likely N-dealkylation sites (tertiary alicyclic amines) is 1. The molecule has 4 heterocycles. The van der Waals surface area contributed by atoms with Gasteiger partial charge in [-0.3, -0.25) is 14.9 Å². The number of halogens is 1. The lowest BCUT2D eigenvalue weighted by Gasteiger charge is -2.32. The number of hydrogen-bond acceptors (Lipinski definition) is 9. The SMILES string of the molecule is CN(C)CC=CC(=O)N1CCC[C@@H](n2nc(C(=O)Nc3nc4cc(Cl)ccc4o3)c3c(N)ncnc32)C1. The van der Waals surface area contributed by atoms with Gasteiger partial charge in [0.15, 0.2) is 16.9 Å². The van der Waals surface area contributed by atoms with Crippen LogP contribution >= 0.6 is 11.6 Å².